The van der Waals surface area contributed by atoms with Gasteiger partial charge in [-0.3, -0.25) is 0 Å². The molecule has 2 aromatic heterocycles. The average Bonchev–Trinajstić information content (AvgIpc) is 3.08. The van der Waals surface area contributed by atoms with Crippen molar-refractivity contribution in [2.75, 3.05) is 0 Å². The number of benzene rings is 1. The molecule has 2 heterocycles. The maximum atomic E-state index is 6.15. The largest absolute Gasteiger partial charge is 0.336 e. The Bertz CT molecular complexity index is 669. The Morgan fingerprint density at radius 2 is 2.00 bits per heavy atom. The fourth-order valence-electron chi connectivity index (χ4n) is 1.91. The summed E-state index contributed by atoms with van der Waals surface area (Å²) in [7, 11) is 1.91. The van der Waals surface area contributed by atoms with Crippen molar-refractivity contribution >= 4 is 0 Å². The summed E-state index contributed by atoms with van der Waals surface area (Å²) in [6, 6.07) is 9.34. The Balaban J connectivity index is 1.92. The topological polar surface area (TPSA) is 74.6 Å². The lowest BCUT2D eigenvalue weighted by atomic mass is 10.2. The summed E-state index contributed by atoms with van der Waals surface area (Å²) >= 11 is 0. The third-order valence-corrected chi connectivity index (χ3v) is 2.95. The highest BCUT2D eigenvalue weighted by atomic mass is 15.5. The molecule has 96 valence electrons. The maximum absolute atomic E-state index is 6.15. The Kier molecular flexibility index (Phi) is 2.85. The van der Waals surface area contributed by atoms with E-state index in [1.165, 1.54) is 0 Å². The van der Waals surface area contributed by atoms with E-state index in [-0.39, 0.29) is 6.04 Å². The highest BCUT2D eigenvalue weighted by molar-refractivity contribution is 5.29. The van der Waals surface area contributed by atoms with Gasteiger partial charge < -0.3 is 10.3 Å². The predicted molar refractivity (Wildman–Crippen MR) is 70.6 cm³/mol. The zero-order valence-corrected chi connectivity index (χ0v) is 10.5. The highest BCUT2D eigenvalue weighted by Gasteiger charge is 2.17. The van der Waals surface area contributed by atoms with Crippen LogP contribution >= 0.6 is 0 Å². The number of para-hydroxylation sites is 1. The van der Waals surface area contributed by atoms with E-state index in [0.29, 0.717) is 5.69 Å². The van der Waals surface area contributed by atoms with Crippen molar-refractivity contribution in [3.05, 3.63) is 60.4 Å². The number of nitrogens with two attached hydrogens (primary N) is 1. The van der Waals surface area contributed by atoms with Crippen LogP contribution in [0.15, 0.2) is 48.9 Å². The second-order valence-corrected chi connectivity index (χ2v) is 4.27. The molecule has 0 amide bonds. The van der Waals surface area contributed by atoms with Gasteiger partial charge in [0.15, 0.2) is 0 Å². The van der Waals surface area contributed by atoms with Gasteiger partial charge in [0.1, 0.15) is 17.6 Å². The molecule has 3 aromatic rings. The van der Waals surface area contributed by atoms with E-state index >= 15 is 0 Å². The molecule has 0 aliphatic rings. The smallest absolute Gasteiger partial charge is 0.131 e. The van der Waals surface area contributed by atoms with Crippen LogP contribution in [0.1, 0.15) is 17.6 Å². The number of imidazole rings is 1. The molecular weight excluding hydrogens is 240 g/mol. The van der Waals surface area contributed by atoms with Gasteiger partial charge in [0, 0.05) is 19.4 Å². The van der Waals surface area contributed by atoms with Crippen LogP contribution in [0.3, 0.4) is 0 Å². The van der Waals surface area contributed by atoms with Gasteiger partial charge in [0.25, 0.3) is 0 Å². The Morgan fingerprint density at radius 3 is 2.68 bits per heavy atom. The number of aromatic nitrogens is 5. The summed E-state index contributed by atoms with van der Waals surface area (Å²) in [6.07, 6.45) is 5.25. The Hall–Kier alpha value is -2.47. The molecule has 3 rings (SSSR count). The summed E-state index contributed by atoms with van der Waals surface area (Å²) in [4.78, 5) is 5.80. The van der Waals surface area contributed by atoms with Crippen LogP contribution in [-0.2, 0) is 7.05 Å². The van der Waals surface area contributed by atoms with E-state index in [1.54, 1.807) is 17.2 Å². The van der Waals surface area contributed by atoms with Crippen molar-refractivity contribution in [3.8, 4) is 5.69 Å². The normalized spacial score (nSPS) is 12.5. The predicted octanol–water partition coefficient (Wildman–Crippen LogP) is 1.05. The average molecular weight is 254 g/mol. The second kappa shape index (κ2) is 4.66. The first-order valence-electron chi connectivity index (χ1n) is 5.96. The van der Waals surface area contributed by atoms with Crippen molar-refractivity contribution in [3.63, 3.8) is 0 Å². The van der Waals surface area contributed by atoms with Crippen molar-refractivity contribution in [2.45, 2.75) is 6.04 Å². The van der Waals surface area contributed by atoms with Crippen LogP contribution in [0.4, 0.5) is 0 Å². The van der Waals surface area contributed by atoms with Crippen LogP contribution in [0.2, 0.25) is 0 Å². The fraction of sp³-hybridized carbons (Fsp3) is 0.154. The van der Waals surface area contributed by atoms with E-state index in [0.717, 1.165) is 11.5 Å². The zero-order chi connectivity index (χ0) is 13.2. The molecule has 0 spiro atoms. The second-order valence-electron chi connectivity index (χ2n) is 4.27. The van der Waals surface area contributed by atoms with Gasteiger partial charge in [0.2, 0.25) is 0 Å². The van der Waals surface area contributed by atoms with Gasteiger partial charge >= 0.3 is 0 Å². The quantitative estimate of drug-likeness (QED) is 0.758. The van der Waals surface area contributed by atoms with Crippen molar-refractivity contribution in [2.24, 2.45) is 12.8 Å². The minimum absolute atomic E-state index is 0.377. The van der Waals surface area contributed by atoms with Crippen LogP contribution < -0.4 is 5.73 Å². The summed E-state index contributed by atoms with van der Waals surface area (Å²) < 4.78 is 1.88. The van der Waals surface area contributed by atoms with Crippen molar-refractivity contribution < 1.29 is 0 Å². The zero-order valence-electron chi connectivity index (χ0n) is 10.5. The molecule has 1 aromatic carbocycles. The fourth-order valence-corrected chi connectivity index (χ4v) is 1.91. The molecule has 0 fully saturated rings. The minimum Gasteiger partial charge on any atom is -0.336 e. The van der Waals surface area contributed by atoms with Gasteiger partial charge in [-0.15, -0.1) is 0 Å². The van der Waals surface area contributed by atoms with Crippen LogP contribution in [0.25, 0.3) is 5.69 Å². The van der Waals surface area contributed by atoms with Crippen LogP contribution in [-0.4, -0.2) is 24.5 Å². The summed E-state index contributed by atoms with van der Waals surface area (Å²) in [5.41, 5.74) is 7.75. The first kappa shape index (κ1) is 11.6. The highest BCUT2D eigenvalue weighted by Crippen LogP contribution is 2.15. The lowest BCUT2D eigenvalue weighted by Crippen LogP contribution is -2.17. The van der Waals surface area contributed by atoms with Crippen LogP contribution in [0.5, 0.6) is 0 Å². The monoisotopic (exact) mass is 254 g/mol. The number of hydrogen-bond donors (Lipinski definition) is 1. The Morgan fingerprint density at radius 1 is 1.21 bits per heavy atom. The number of rotatable bonds is 3. The van der Waals surface area contributed by atoms with E-state index < -0.39 is 0 Å². The van der Waals surface area contributed by atoms with Gasteiger partial charge in [-0.25, -0.2) is 4.98 Å². The van der Waals surface area contributed by atoms with Crippen molar-refractivity contribution in [1.29, 1.82) is 0 Å². The molecule has 6 nitrogen and oxygen atoms in total. The first-order chi connectivity index (χ1) is 9.25. The lowest BCUT2D eigenvalue weighted by Gasteiger charge is -2.07. The molecule has 1 unspecified atom stereocenters. The third-order valence-electron chi connectivity index (χ3n) is 2.95. The SMILES string of the molecule is Cn1ccnc1C(N)c1cnn(-c2ccccc2)n1. The molecule has 0 bridgehead atoms. The third kappa shape index (κ3) is 2.13. The van der Waals surface area contributed by atoms with E-state index in [9.17, 15) is 0 Å². The number of hydrogen-bond acceptors (Lipinski definition) is 4. The molecule has 0 aliphatic heterocycles. The minimum atomic E-state index is -0.377. The molecule has 0 saturated carbocycles. The molecule has 19 heavy (non-hydrogen) atoms. The lowest BCUT2D eigenvalue weighted by molar-refractivity contribution is 0.675. The van der Waals surface area contributed by atoms with Crippen molar-refractivity contribution in [1.82, 2.24) is 24.5 Å². The molecule has 0 radical (unpaired) electrons. The molecule has 1 atom stereocenters. The summed E-state index contributed by atoms with van der Waals surface area (Å²) in [5.74, 6) is 0.764. The van der Waals surface area contributed by atoms with Gasteiger partial charge in [0.05, 0.1) is 11.9 Å². The summed E-state index contributed by atoms with van der Waals surface area (Å²) in [5, 5.41) is 8.64. The van der Waals surface area contributed by atoms with E-state index in [1.807, 2.05) is 48.1 Å². The molecular formula is C13H14N6. The standard InChI is InChI=1S/C13H14N6/c1-18-8-7-15-13(18)12(14)11-9-16-19(17-11)10-5-3-2-4-6-10/h2-9,12H,14H2,1H3. The van der Waals surface area contributed by atoms with Gasteiger partial charge in [-0.2, -0.15) is 15.0 Å². The number of aryl methyl sites for hydroxylation is 1. The molecule has 2 N–H and O–H groups in total. The van der Waals surface area contributed by atoms with E-state index in [2.05, 4.69) is 15.2 Å². The van der Waals surface area contributed by atoms with Gasteiger partial charge in [-0.1, -0.05) is 18.2 Å². The molecule has 0 saturated heterocycles. The molecule has 6 heteroatoms. The van der Waals surface area contributed by atoms with Gasteiger partial charge in [-0.05, 0) is 12.1 Å². The number of nitrogens with zero attached hydrogens (tertiary/aromatic N) is 5. The maximum Gasteiger partial charge on any atom is 0.131 e. The van der Waals surface area contributed by atoms with Crippen LogP contribution in [0, 0.1) is 0 Å². The first-order valence-corrected chi connectivity index (χ1v) is 5.96. The summed E-state index contributed by atoms with van der Waals surface area (Å²) in [6.45, 7) is 0. The Labute approximate surface area is 110 Å². The molecule has 0 aliphatic carbocycles. The van der Waals surface area contributed by atoms with E-state index in [4.69, 9.17) is 5.73 Å².